The zero-order valence-corrected chi connectivity index (χ0v) is 15.2. The number of hydrogen-bond acceptors (Lipinski definition) is 2. The molecule has 0 saturated heterocycles. The van der Waals surface area contributed by atoms with Crippen molar-refractivity contribution < 1.29 is 9.59 Å². The quantitative estimate of drug-likeness (QED) is 0.693. The second kappa shape index (κ2) is 8.81. The van der Waals surface area contributed by atoms with Crippen LogP contribution in [0.5, 0.6) is 0 Å². The second-order valence-electron chi connectivity index (χ2n) is 6.40. The van der Waals surface area contributed by atoms with Crippen LogP contribution in [0.4, 0.5) is 5.69 Å². The van der Waals surface area contributed by atoms with Crippen LogP contribution < -0.4 is 10.6 Å². The Morgan fingerprint density at radius 3 is 2.22 bits per heavy atom. The zero-order chi connectivity index (χ0) is 19.1. The smallest absolute Gasteiger partial charge is 0.255 e. The van der Waals surface area contributed by atoms with Crippen LogP contribution in [0.25, 0.3) is 0 Å². The first kappa shape index (κ1) is 18.4. The monoisotopic (exact) mass is 358 g/mol. The van der Waals surface area contributed by atoms with Gasteiger partial charge < -0.3 is 10.6 Å². The predicted octanol–water partition coefficient (Wildman–Crippen LogP) is 4.22. The van der Waals surface area contributed by atoms with Gasteiger partial charge in [-0.15, -0.1) is 0 Å². The first-order chi connectivity index (χ1) is 13.1. The van der Waals surface area contributed by atoms with E-state index in [4.69, 9.17) is 0 Å². The first-order valence-electron chi connectivity index (χ1n) is 8.92. The summed E-state index contributed by atoms with van der Waals surface area (Å²) in [6.07, 6.45) is 0.764. The molecule has 0 aliphatic heterocycles. The molecule has 3 aromatic carbocycles. The maximum absolute atomic E-state index is 12.5. The predicted molar refractivity (Wildman–Crippen MR) is 108 cm³/mol. The number of aryl methyl sites for hydroxylation is 1. The number of benzene rings is 3. The van der Waals surface area contributed by atoms with Crippen molar-refractivity contribution in [3.05, 3.63) is 101 Å². The Morgan fingerprint density at radius 2 is 1.48 bits per heavy atom. The summed E-state index contributed by atoms with van der Waals surface area (Å²) in [5.41, 5.74) is 3.90. The topological polar surface area (TPSA) is 58.2 Å². The van der Waals surface area contributed by atoms with Crippen LogP contribution in [0.2, 0.25) is 0 Å². The van der Waals surface area contributed by atoms with E-state index in [-0.39, 0.29) is 11.8 Å². The van der Waals surface area contributed by atoms with Gasteiger partial charge in [0.25, 0.3) is 11.8 Å². The standard InChI is InChI=1S/C23H22N2O2/c1-17-7-5-12-21(15-17)25-23(27)20-11-6-10-19(16-20)22(26)24-14-13-18-8-3-2-4-9-18/h2-12,15-16H,13-14H2,1H3,(H,24,26)(H,25,27). The lowest BCUT2D eigenvalue weighted by molar-refractivity contribution is 0.0954. The molecule has 3 aromatic rings. The average Bonchev–Trinajstić information content (AvgIpc) is 2.69. The van der Waals surface area contributed by atoms with Gasteiger partial charge in [0.1, 0.15) is 0 Å². The molecule has 0 heterocycles. The normalized spacial score (nSPS) is 10.3. The molecule has 2 N–H and O–H groups in total. The largest absolute Gasteiger partial charge is 0.352 e. The van der Waals surface area contributed by atoms with E-state index < -0.39 is 0 Å². The van der Waals surface area contributed by atoms with Crippen LogP contribution >= 0.6 is 0 Å². The summed E-state index contributed by atoms with van der Waals surface area (Å²) in [6, 6.07) is 24.3. The van der Waals surface area contributed by atoms with Gasteiger partial charge in [0.05, 0.1) is 0 Å². The third kappa shape index (κ3) is 5.28. The highest BCUT2D eigenvalue weighted by Crippen LogP contribution is 2.13. The van der Waals surface area contributed by atoms with E-state index in [1.54, 1.807) is 24.3 Å². The van der Waals surface area contributed by atoms with E-state index in [0.29, 0.717) is 17.7 Å². The van der Waals surface area contributed by atoms with Crippen LogP contribution in [0.3, 0.4) is 0 Å². The van der Waals surface area contributed by atoms with Crippen molar-refractivity contribution in [3.8, 4) is 0 Å². The van der Waals surface area contributed by atoms with E-state index in [1.165, 1.54) is 5.56 Å². The number of carbonyl (C=O) groups excluding carboxylic acids is 2. The summed E-state index contributed by atoms with van der Waals surface area (Å²) in [5.74, 6) is -0.421. The molecule has 0 radical (unpaired) electrons. The van der Waals surface area contributed by atoms with Gasteiger partial charge in [-0.3, -0.25) is 9.59 Å². The molecule has 0 spiro atoms. The third-order valence-electron chi connectivity index (χ3n) is 4.20. The first-order valence-corrected chi connectivity index (χ1v) is 8.92. The van der Waals surface area contributed by atoms with Crippen LogP contribution in [0.1, 0.15) is 31.8 Å². The van der Waals surface area contributed by atoms with Gasteiger partial charge in [-0.25, -0.2) is 0 Å². The molecule has 0 fully saturated rings. The summed E-state index contributed by atoms with van der Waals surface area (Å²) in [7, 11) is 0. The molecule has 0 bridgehead atoms. The Bertz CT molecular complexity index is 936. The van der Waals surface area contributed by atoms with Gasteiger partial charge in [0.15, 0.2) is 0 Å². The molecular weight excluding hydrogens is 336 g/mol. The Morgan fingerprint density at radius 1 is 0.778 bits per heavy atom. The van der Waals surface area contributed by atoms with Gasteiger partial charge in [-0.05, 0) is 54.8 Å². The number of amides is 2. The summed E-state index contributed by atoms with van der Waals surface area (Å²) in [4.78, 5) is 24.8. The number of rotatable bonds is 6. The SMILES string of the molecule is Cc1cccc(NC(=O)c2cccc(C(=O)NCCc3ccccc3)c2)c1. The van der Waals surface area contributed by atoms with Crippen molar-refractivity contribution in [2.45, 2.75) is 13.3 Å². The van der Waals surface area contributed by atoms with Crippen LogP contribution in [-0.2, 0) is 6.42 Å². The number of anilines is 1. The lowest BCUT2D eigenvalue weighted by Gasteiger charge is -2.09. The van der Waals surface area contributed by atoms with Crippen LogP contribution in [0, 0.1) is 6.92 Å². The van der Waals surface area contributed by atoms with Gasteiger partial charge in [-0.2, -0.15) is 0 Å². The van der Waals surface area contributed by atoms with Crippen LogP contribution in [0.15, 0.2) is 78.9 Å². The molecule has 0 atom stereocenters. The van der Waals surface area contributed by atoms with Crippen molar-refractivity contribution in [1.29, 1.82) is 0 Å². The average molecular weight is 358 g/mol. The molecule has 4 heteroatoms. The number of carbonyl (C=O) groups is 2. The Hall–Kier alpha value is -3.40. The molecular formula is C23H22N2O2. The van der Waals surface area contributed by atoms with Crippen LogP contribution in [-0.4, -0.2) is 18.4 Å². The Balaban J connectivity index is 1.60. The maximum atomic E-state index is 12.5. The fourth-order valence-corrected chi connectivity index (χ4v) is 2.79. The minimum absolute atomic E-state index is 0.184. The molecule has 4 nitrogen and oxygen atoms in total. The minimum atomic E-state index is -0.237. The molecule has 2 amide bonds. The lowest BCUT2D eigenvalue weighted by Crippen LogP contribution is -2.26. The van der Waals surface area contributed by atoms with Gasteiger partial charge in [0, 0.05) is 23.4 Å². The van der Waals surface area contributed by atoms with E-state index in [2.05, 4.69) is 10.6 Å². The van der Waals surface area contributed by atoms with E-state index in [9.17, 15) is 9.59 Å². The molecule has 27 heavy (non-hydrogen) atoms. The van der Waals surface area contributed by atoms with Crippen molar-refractivity contribution in [1.82, 2.24) is 5.32 Å². The van der Waals surface area contributed by atoms with E-state index in [1.807, 2.05) is 61.5 Å². The maximum Gasteiger partial charge on any atom is 0.255 e. The second-order valence-corrected chi connectivity index (χ2v) is 6.40. The van der Waals surface area contributed by atoms with Crippen molar-refractivity contribution in [2.75, 3.05) is 11.9 Å². The number of hydrogen-bond donors (Lipinski definition) is 2. The van der Waals surface area contributed by atoms with Gasteiger partial charge in [-0.1, -0.05) is 48.5 Å². The van der Waals surface area contributed by atoms with Gasteiger partial charge >= 0.3 is 0 Å². The fraction of sp³-hybridized carbons (Fsp3) is 0.130. The summed E-state index contributed by atoms with van der Waals surface area (Å²) in [6.45, 7) is 2.51. The summed E-state index contributed by atoms with van der Waals surface area (Å²) < 4.78 is 0. The van der Waals surface area contributed by atoms with E-state index in [0.717, 1.165) is 17.7 Å². The molecule has 0 aliphatic carbocycles. The minimum Gasteiger partial charge on any atom is -0.352 e. The highest BCUT2D eigenvalue weighted by atomic mass is 16.2. The molecule has 0 aromatic heterocycles. The zero-order valence-electron chi connectivity index (χ0n) is 15.2. The highest BCUT2D eigenvalue weighted by molar-refractivity contribution is 6.06. The molecule has 0 saturated carbocycles. The van der Waals surface area contributed by atoms with Crippen molar-refractivity contribution in [3.63, 3.8) is 0 Å². The fourth-order valence-electron chi connectivity index (χ4n) is 2.79. The Labute approximate surface area is 159 Å². The Kier molecular flexibility index (Phi) is 6.00. The molecule has 136 valence electrons. The molecule has 3 rings (SSSR count). The van der Waals surface area contributed by atoms with Crippen molar-refractivity contribution in [2.24, 2.45) is 0 Å². The third-order valence-corrected chi connectivity index (χ3v) is 4.20. The summed E-state index contributed by atoms with van der Waals surface area (Å²) in [5, 5.41) is 5.76. The highest BCUT2D eigenvalue weighted by Gasteiger charge is 2.10. The van der Waals surface area contributed by atoms with E-state index >= 15 is 0 Å². The lowest BCUT2D eigenvalue weighted by atomic mass is 10.1. The molecule has 0 unspecified atom stereocenters. The summed E-state index contributed by atoms with van der Waals surface area (Å²) >= 11 is 0. The number of nitrogens with one attached hydrogen (secondary N) is 2. The molecule has 0 aliphatic rings. The van der Waals surface area contributed by atoms with Crippen molar-refractivity contribution >= 4 is 17.5 Å². The van der Waals surface area contributed by atoms with Gasteiger partial charge in [0.2, 0.25) is 0 Å².